The van der Waals surface area contributed by atoms with E-state index >= 15 is 0 Å². The van der Waals surface area contributed by atoms with Gasteiger partial charge in [0.05, 0.1) is 5.71 Å². The molecule has 0 bridgehead atoms. The van der Waals surface area contributed by atoms with Crippen LogP contribution in [-0.2, 0) is 4.84 Å². The fourth-order valence-electron chi connectivity index (χ4n) is 1.50. The molecule has 0 unspecified atom stereocenters. The first-order chi connectivity index (χ1) is 5.70. The van der Waals surface area contributed by atoms with E-state index in [4.69, 9.17) is 16.4 Å². The van der Waals surface area contributed by atoms with Crippen LogP contribution in [0.5, 0.6) is 0 Å². The Morgan fingerprint density at radius 3 is 2.92 bits per heavy atom. The number of nitrogens with zero attached hydrogens (tertiary/aromatic N) is 1. The third-order valence-electron chi connectivity index (χ3n) is 2.53. The normalized spacial score (nSPS) is 26.7. The molecule has 1 fully saturated rings. The molecule has 2 rings (SSSR count). The third-order valence-corrected chi connectivity index (χ3v) is 2.75. The Bertz CT molecular complexity index is 209. The van der Waals surface area contributed by atoms with E-state index in [0.29, 0.717) is 0 Å². The molecule has 3 heteroatoms. The Labute approximate surface area is 77.9 Å². The fraction of sp³-hybridized carbons (Fsp3) is 0.889. The summed E-state index contributed by atoms with van der Waals surface area (Å²) in [7, 11) is 0. The summed E-state index contributed by atoms with van der Waals surface area (Å²) in [6.07, 6.45) is 5.45. The Balaban J connectivity index is 1.75. The van der Waals surface area contributed by atoms with Crippen LogP contribution in [0.15, 0.2) is 5.16 Å². The number of alkyl halides is 1. The molecule has 0 aromatic heterocycles. The summed E-state index contributed by atoms with van der Waals surface area (Å²) in [5, 5.41) is 4.33. The van der Waals surface area contributed by atoms with Crippen LogP contribution in [0.3, 0.4) is 0 Å². The van der Waals surface area contributed by atoms with Gasteiger partial charge in [0.25, 0.3) is 0 Å². The first-order valence-corrected chi connectivity index (χ1v) is 5.02. The minimum absolute atomic E-state index is 0.158. The molecule has 0 radical (unpaired) electrons. The van der Waals surface area contributed by atoms with Crippen LogP contribution >= 0.6 is 11.6 Å². The molecule has 1 atom stereocenters. The third kappa shape index (κ3) is 1.74. The maximum atomic E-state index is 5.85. The zero-order valence-corrected chi connectivity index (χ0v) is 8.10. The molecule has 0 saturated heterocycles. The first kappa shape index (κ1) is 8.36. The Morgan fingerprint density at radius 2 is 2.42 bits per heavy atom. The molecule has 0 N–H and O–H groups in total. The van der Waals surface area contributed by atoms with E-state index in [2.05, 4.69) is 5.16 Å². The highest BCUT2D eigenvalue weighted by molar-refractivity contribution is 6.20. The lowest BCUT2D eigenvalue weighted by Gasteiger charge is -2.02. The van der Waals surface area contributed by atoms with Gasteiger partial charge in [0.2, 0.25) is 0 Å². The molecule has 2 nitrogen and oxygen atoms in total. The van der Waals surface area contributed by atoms with Gasteiger partial charge in [-0.1, -0.05) is 5.16 Å². The lowest BCUT2D eigenvalue weighted by molar-refractivity contribution is 0.0650. The molecular formula is C9H14ClNO. The first-order valence-electron chi connectivity index (χ1n) is 4.58. The highest BCUT2D eigenvalue weighted by Crippen LogP contribution is 2.46. The summed E-state index contributed by atoms with van der Waals surface area (Å²) in [4.78, 5) is 5.34. The summed E-state index contributed by atoms with van der Waals surface area (Å²) in [6.45, 7) is 2.02. The maximum Gasteiger partial charge on any atom is 0.143 e. The largest absolute Gasteiger partial charge is 0.389 e. The van der Waals surface area contributed by atoms with Crippen molar-refractivity contribution >= 4 is 17.3 Å². The molecule has 0 aromatic carbocycles. The fourth-order valence-corrected chi connectivity index (χ4v) is 1.61. The predicted molar refractivity (Wildman–Crippen MR) is 49.7 cm³/mol. The predicted octanol–water partition coefficient (Wildman–Crippen LogP) is 2.70. The number of hydrogen-bond acceptors (Lipinski definition) is 2. The van der Waals surface area contributed by atoms with E-state index in [1.165, 1.54) is 18.6 Å². The maximum absolute atomic E-state index is 5.85. The van der Waals surface area contributed by atoms with Crippen molar-refractivity contribution in [2.24, 2.45) is 5.16 Å². The van der Waals surface area contributed by atoms with Crippen molar-refractivity contribution < 1.29 is 4.84 Å². The molecule has 1 spiro atoms. The van der Waals surface area contributed by atoms with Gasteiger partial charge in [0.15, 0.2) is 0 Å². The van der Waals surface area contributed by atoms with Crippen LogP contribution in [-0.4, -0.2) is 16.7 Å². The van der Waals surface area contributed by atoms with Gasteiger partial charge in [-0.15, -0.1) is 11.6 Å². The van der Waals surface area contributed by atoms with Crippen LogP contribution in [0.4, 0.5) is 0 Å². The smallest absolute Gasteiger partial charge is 0.143 e. The molecule has 1 aliphatic carbocycles. The molecule has 0 amide bonds. The Kier molecular flexibility index (Phi) is 2.03. The highest BCUT2D eigenvalue weighted by Gasteiger charge is 2.50. The van der Waals surface area contributed by atoms with E-state index in [-0.39, 0.29) is 11.0 Å². The van der Waals surface area contributed by atoms with Gasteiger partial charge in [-0.25, -0.2) is 0 Å². The second kappa shape index (κ2) is 2.91. The monoisotopic (exact) mass is 187 g/mol. The van der Waals surface area contributed by atoms with Crippen molar-refractivity contribution in [2.45, 2.75) is 50.0 Å². The quantitative estimate of drug-likeness (QED) is 0.623. The van der Waals surface area contributed by atoms with Crippen molar-refractivity contribution in [3.8, 4) is 0 Å². The average Bonchev–Trinajstić information content (AvgIpc) is 2.60. The lowest BCUT2D eigenvalue weighted by atomic mass is 10.1. The van der Waals surface area contributed by atoms with E-state index < -0.39 is 0 Å². The number of oxime groups is 1. The minimum atomic E-state index is 0.158. The Morgan fingerprint density at radius 1 is 1.67 bits per heavy atom. The summed E-state index contributed by atoms with van der Waals surface area (Å²) < 4.78 is 0. The summed E-state index contributed by atoms with van der Waals surface area (Å²) in [5.74, 6) is 0. The molecule has 1 heterocycles. The van der Waals surface area contributed by atoms with Crippen molar-refractivity contribution in [1.82, 2.24) is 0 Å². The van der Waals surface area contributed by atoms with E-state index in [0.717, 1.165) is 19.3 Å². The van der Waals surface area contributed by atoms with E-state index in [1.807, 2.05) is 6.92 Å². The molecule has 1 aliphatic heterocycles. The minimum Gasteiger partial charge on any atom is -0.389 e. The van der Waals surface area contributed by atoms with Gasteiger partial charge in [0, 0.05) is 11.8 Å². The zero-order valence-electron chi connectivity index (χ0n) is 7.35. The molecule has 12 heavy (non-hydrogen) atoms. The highest BCUT2D eigenvalue weighted by atomic mass is 35.5. The van der Waals surface area contributed by atoms with Crippen molar-refractivity contribution in [2.75, 3.05) is 0 Å². The van der Waals surface area contributed by atoms with Crippen molar-refractivity contribution in [3.63, 3.8) is 0 Å². The molecule has 68 valence electrons. The summed E-state index contributed by atoms with van der Waals surface area (Å²) >= 11 is 5.85. The lowest BCUT2D eigenvalue weighted by Crippen LogP contribution is -2.08. The molecule has 2 aliphatic rings. The van der Waals surface area contributed by atoms with Gasteiger partial charge in [-0.3, -0.25) is 0 Å². The number of rotatable bonds is 3. The zero-order chi connectivity index (χ0) is 8.60. The van der Waals surface area contributed by atoms with Gasteiger partial charge in [-0.2, -0.15) is 0 Å². The second-order valence-electron chi connectivity index (χ2n) is 3.93. The topological polar surface area (TPSA) is 21.6 Å². The summed E-state index contributed by atoms with van der Waals surface area (Å²) in [5.41, 5.74) is 1.37. The van der Waals surface area contributed by atoms with E-state index in [9.17, 15) is 0 Å². The Hall–Kier alpha value is -0.240. The van der Waals surface area contributed by atoms with Crippen molar-refractivity contribution in [3.05, 3.63) is 0 Å². The van der Waals surface area contributed by atoms with Crippen LogP contribution in [0.25, 0.3) is 0 Å². The summed E-state index contributed by atoms with van der Waals surface area (Å²) in [6, 6.07) is 0. The average molecular weight is 188 g/mol. The molecule has 1 saturated carbocycles. The van der Waals surface area contributed by atoms with Gasteiger partial charge in [-0.05, 0) is 32.6 Å². The van der Waals surface area contributed by atoms with Crippen LogP contribution in [0, 0.1) is 0 Å². The van der Waals surface area contributed by atoms with Gasteiger partial charge < -0.3 is 4.84 Å². The van der Waals surface area contributed by atoms with E-state index in [1.54, 1.807) is 0 Å². The van der Waals surface area contributed by atoms with Crippen LogP contribution in [0.1, 0.15) is 39.0 Å². The SMILES string of the molecule is C[C@@H](Cl)CCC1=NOC2(CC2)C1. The number of halogens is 1. The van der Waals surface area contributed by atoms with Crippen molar-refractivity contribution in [1.29, 1.82) is 0 Å². The van der Waals surface area contributed by atoms with Crippen LogP contribution < -0.4 is 0 Å². The van der Waals surface area contributed by atoms with Crippen LogP contribution in [0.2, 0.25) is 0 Å². The second-order valence-corrected chi connectivity index (χ2v) is 4.67. The number of hydrogen-bond donors (Lipinski definition) is 0. The molecule has 0 aromatic rings. The molecular weight excluding hydrogens is 174 g/mol. The standard InChI is InChI=1S/C9H14ClNO/c1-7(10)2-3-8-6-9(4-5-9)12-11-8/h7H,2-6H2,1H3/t7-/m1/s1. The van der Waals surface area contributed by atoms with Gasteiger partial charge >= 0.3 is 0 Å². The van der Waals surface area contributed by atoms with Gasteiger partial charge in [0.1, 0.15) is 5.60 Å².